The summed E-state index contributed by atoms with van der Waals surface area (Å²) in [6, 6.07) is 12.2. The van der Waals surface area contributed by atoms with E-state index in [1.165, 1.54) is 6.07 Å². The van der Waals surface area contributed by atoms with E-state index in [9.17, 15) is 4.39 Å². The lowest BCUT2D eigenvalue weighted by molar-refractivity contribution is 0.628. The predicted molar refractivity (Wildman–Crippen MR) is 95.0 cm³/mol. The summed E-state index contributed by atoms with van der Waals surface area (Å²) in [6.07, 6.45) is 5.19. The number of imidazole rings is 1. The minimum atomic E-state index is -0.452. The van der Waals surface area contributed by atoms with Crippen LogP contribution in [0.15, 0.2) is 61.1 Å². The minimum Gasteiger partial charge on any atom is -0.365 e. The van der Waals surface area contributed by atoms with E-state index < -0.39 is 5.82 Å². The quantitative estimate of drug-likeness (QED) is 0.597. The van der Waals surface area contributed by atoms with Crippen LogP contribution in [0.2, 0.25) is 5.02 Å². The van der Waals surface area contributed by atoms with Crippen molar-refractivity contribution in [3.05, 3.63) is 77.5 Å². The van der Waals surface area contributed by atoms with Crippen molar-refractivity contribution in [1.82, 2.24) is 19.6 Å². The van der Waals surface area contributed by atoms with Gasteiger partial charge in [-0.1, -0.05) is 11.6 Å². The molecule has 0 amide bonds. The third-order valence-corrected chi connectivity index (χ3v) is 4.09. The van der Waals surface area contributed by atoms with Crippen molar-refractivity contribution in [1.29, 1.82) is 0 Å². The van der Waals surface area contributed by atoms with Gasteiger partial charge in [-0.25, -0.2) is 13.9 Å². The average molecular weight is 354 g/mol. The highest BCUT2D eigenvalue weighted by Crippen LogP contribution is 2.25. The van der Waals surface area contributed by atoms with Gasteiger partial charge in [0.1, 0.15) is 11.6 Å². The molecular formula is C18H13ClFN5. The lowest BCUT2D eigenvalue weighted by atomic mass is 10.2. The highest BCUT2D eigenvalue weighted by atomic mass is 35.5. The molecule has 0 aliphatic rings. The lowest BCUT2D eigenvalue weighted by Gasteiger charge is -2.07. The Morgan fingerprint density at radius 3 is 2.72 bits per heavy atom. The zero-order chi connectivity index (χ0) is 17.2. The molecule has 0 unspecified atom stereocenters. The topological polar surface area (TPSA) is 55.1 Å². The van der Waals surface area contributed by atoms with E-state index in [1.807, 2.05) is 24.3 Å². The molecule has 7 heteroatoms. The maximum Gasteiger partial charge on any atom is 0.154 e. The highest BCUT2D eigenvalue weighted by Gasteiger charge is 2.10. The first-order valence-corrected chi connectivity index (χ1v) is 8.01. The van der Waals surface area contributed by atoms with Gasteiger partial charge < -0.3 is 5.32 Å². The molecule has 3 heterocycles. The fourth-order valence-corrected chi connectivity index (χ4v) is 2.69. The number of pyridine rings is 1. The first-order valence-electron chi connectivity index (χ1n) is 7.64. The summed E-state index contributed by atoms with van der Waals surface area (Å²) in [7, 11) is 0. The second-order valence-corrected chi connectivity index (χ2v) is 5.88. The fourth-order valence-electron chi connectivity index (χ4n) is 2.51. The molecule has 5 nitrogen and oxygen atoms in total. The van der Waals surface area contributed by atoms with Gasteiger partial charge in [0, 0.05) is 24.5 Å². The molecule has 0 fully saturated rings. The van der Waals surface area contributed by atoms with Crippen molar-refractivity contribution in [3.63, 3.8) is 0 Å². The van der Waals surface area contributed by atoms with E-state index in [2.05, 4.69) is 20.4 Å². The molecule has 0 radical (unpaired) electrons. The summed E-state index contributed by atoms with van der Waals surface area (Å²) in [6.45, 7) is 0.632. The molecule has 0 spiro atoms. The Bertz CT molecular complexity index is 1030. The molecule has 124 valence electrons. The van der Waals surface area contributed by atoms with Crippen molar-refractivity contribution in [2.75, 3.05) is 5.32 Å². The van der Waals surface area contributed by atoms with Crippen LogP contribution in [0.5, 0.6) is 0 Å². The van der Waals surface area contributed by atoms with Crippen molar-refractivity contribution >= 4 is 23.1 Å². The smallest absolute Gasteiger partial charge is 0.154 e. The van der Waals surface area contributed by atoms with E-state index in [4.69, 9.17) is 11.6 Å². The molecular weight excluding hydrogens is 341 g/mol. The number of rotatable bonds is 4. The maximum absolute atomic E-state index is 13.4. The van der Waals surface area contributed by atoms with Crippen LogP contribution in [0.25, 0.3) is 16.9 Å². The van der Waals surface area contributed by atoms with Crippen LogP contribution in [-0.4, -0.2) is 19.6 Å². The maximum atomic E-state index is 13.4. The number of halogens is 2. The van der Waals surface area contributed by atoms with E-state index in [-0.39, 0.29) is 5.02 Å². The lowest BCUT2D eigenvalue weighted by Crippen LogP contribution is -2.04. The Labute approximate surface area is 148 Å². The van der Waals surface area contributed by atoms with Gasteiger partial charge in [-0.05, 0) is 48.0 Å². The summed E-state index contributed by atoms with van der Waals surface area (Å²) in [5, 5.41) is 7.91. The summed E-state index contributed by atoms with van der Waals surface area (Å²) in [5.74, 6) is 0.253. The highest BCUT2D eigenvalue weighted by molar-refractivity contribution is 6.31. The number of aromatic nitrogens is 4. The molecule has 25 heavy (non-hydrogen) atoms. The predicted octanol–water partition coefficient (Wildman–Crippen LogP) is 4.20. The first kappa shape index (κ1) is 15.5. The van der Waals surface area contributed by atoms with Crippen LogP contribution in [0, 0.1) is 5.82 Å². The summed E-state index contributed by atoms with van der Waals surface area (Å²) < 4.78 is 15.1. The molecule has 3 aromatic heterocycles. The number of nitrogens with zero attached hydrogens (tertiary/aromatic N) is 4. The van der Waals surface area contributed by atoms with E-state index >= 15 is 0 Å². The normalized spacial score (nSPS) is 11.0. The number of nitrogens with one attached hydrogen (secondary N) is 1. The van der Waals surface area contributed by atoms with Crippen LogP contribution in [0.1, 0.15) is 5.56 Å². The van der Waals surface area contributed by atoms with Crippen LogP contribution >= 0.6 is 11.6 Å². The molecule has 0 saturated carbocycles. The van der Waals surface area contributed by atoms with Gasteiger partial charge in [0.15, 0.2) is 5.65 Å². The van der Waals surface area contributed by atoms with Crippen molar-refractivity contribution in [2.45, 2.75) is 6.54 Å². The standard InChI is InChI=1S/C18H13ClFN5/c19-14-9-13(1-2-15(14)20)16-11-23-18-4-3-17(24-25(16)18)22-10-12-5-7-21-8-6-12/h1-9,11H,10H2,(H,22,24). The molecule has 0 aliphatic heterocycles. The van der Waals surface area contributed by atoms with E-state index in [0.29, 0.717) is 18.0 Å². The molecule has 1 aromatic carbocycles. The van der Waals surface area contributed by atoms with E-state index in [0.717, 1.165) is 16.8 Å². The average Bonchev–Trinajstić information content (AvgIpc) is 3.06. The van der Waals surface area contributed by atoms with E-state index in [1.54, 1.807) is 35.2 Å². The molecule has 0 bridgehead atoms. The Kier molecular flexibility index (Phi) is 4.03. The van der Waals surface area contributed by atoms with Crippen molar-refractivity contribution in [3.8, 4) is 11.3 Å². The SMILES string of the molecule is Fc1ccc(-c2cnc3ccc(NCc4ccncc4)nn23)cc1Cl. The van der Waals surface area contributed by atoms with Gasteiger partial charge in [0.05, 0.1) is 16.9 Å². The molecule has 4 rings (SSSR count). The van der Waals surface area contributed by atoms with Crippen LogP contribution in [0.3, 0.4) is 0 Å². The van der Waals surface area contributed by atoms with Crippen LogP contribution < -0.4 is 5.32 Å². The first-order chi connectivity index (χ1) is 12.2. The third kappa shape index (κ3) is 3.16. The van der Waals surface area contributed by atoms with Gasteiger partial charge >= 0.3 is 0 Å². The van der Waals surface area contributed by atoms with Crippen molar-refractivity contribution < 1.29 is 4.39 Å². The molecule has 0 saturated heterocycles. The molecule has 1 N–H and O–H groups in total. The number of fused-ring (bicyclic) bond motifs is 1. The molecule has 0 aliphatic carbocycles. The van der Waals surface area contributed by atoms with Crippen LogP contribution in [0.4, 0.5) is 10.2 Å². The number of benzene rings is 1. The second-order valence-electron chi connectivity index (χ2n) is 5.47. The van der Waals surface area contributed by atoms with Crippen molar-refractivity contribution in [2.24, 2.45) is 0 Å². The second kappa shape index (κ2) is 6.49. The Hall–Kier alpha value is -2.99. The Morgan fingerprint density at radius 2 is 1.92 bits per heavy atom. The minimum absolute atomic E-state index is 0.0689. The molecule has 0 atom stereocenters. The zero-order valence-corrected chi connectivity index (χ0v) is 13.8. The summed E-state index contributed by atoms with van der Waals surface area (Å²) in [5.41, 5.74) is 3.29. The zero-order valence-electron chi connectivity index (χ0n) is 13.0. The summed E-state index contributed by atoms with van der Waals surface area (Å²) in [4.78, 5) is 8.33. The largest absolute Gasteiger partial charge is 0.365 e. The number of anilines is 1. The summed E-state index contributed by atoms with van der Waals surface area (Å²) >= 11 is 5.89. The van der Waals surface area contributed by atoms with Gasteiger partial charge in [-0.15, -0.1) is 5.10 Å². The monoisotopic (exact) mass is 353 g/mol. The number of hydrogen-bond acceptors (Lipinski definition) is 4. The van der Waals surface area contributed by atoms with Gasteiger partial charge in [0.2, 0.25) is 0 Å². The van der Waals surface area contributed by atoms with Crippen LogP contribution in [-0.2, 0) is 6.54 Å². The third-order valence-electron chi connectivity index (χ3n) is 3.80. The van der Waals surface area contributed by atoms with Gasteiger partial charge in [0.25, 0.3) is 0 Å². The number of hydrogen-bond donors (Lipinski definition) is 1. The van der Waals surface area contributed by atoms with Gasteiger partial charge in [-0.3, -0.25) is 4.98 Å². The van der Waals surface area contributed by atoms with Gasteiger partial charge in [-0.2, -0.15) is 0 Å². The fraction of sp³-hybridized carbons (Fsp3) is 0.0556. The Morgan fingerprint density at radius 1 is 1.08 bits per heavy atom. The Balaban J connectivity index is 1.66. The molecule has 4 aromatic rings.